The van der Waals surface area contributed by atoms with Crippen LogP contribution in [0.5, 0.6) is 0 Å². The molecule has 0 aromatic carbocycles. The van der Waals surface area contributed by atoms with E-state index in [1.54, 1.807) is 0 Å². The van der Waals surface area contributed by atoms with Crippen LogP contribution in [-0.2, 0) is 23.2 Å². The van der Waals surface area contributed by atoms with Gasteiger partial charge < -0.3 is 18.9 Å². The van der Waals surface area contributed by atoms with Crippen LogP contribution in [0.25, 0.3) is 0 Å². The SMILES string of the molecule is CC(=O)O[C@H]1NC(=O)[C@@H]1CC(O[SiH](C)C(C)(C)C)O[SiH](C)C(C)(C)C. The summed E-state index contributed by atoms with van der Waals surface area (Å²) in [7, 11) is -3.04. The molecule has 1 amide bonds. The molecule has 1 heterocycles. The molecule has 8 heteroatoms. The number of carbonyl (C=O) groups is 2. The molecule has 4 atom stereocenters. The first-order valence-electron chi connectivity index (χ1n) is 9.00. The first-order valence-corrected chi connectivity index (χ1v) is 13.4. The van der Waals surface area contributed by atoms with Gasteiger partial charge in [-0.3, -0.25) is 9.59 Å². The number of ether oxygens (including phenoxy) is 1. The first kappa shape index (κ1) is 22.3. The van der Waals surface area contributed by atoms with E-state index in [9.17, 15) is 9.59 Å². The second-order valence-corrected chi connectivity index (χ2v) is 15.7. The number of carbonyl (C=O) groups excluding carboxylic acids is 2. The fourth-order valence-electron chi connectivity index (χ4n) is 2.12. The molecule has 1 N–H and O–H groups in total. The van der Waals surface area contributed by atoms with E-state index in [4.69, 9.17) is 13.6 Å². The maximum atomic E-state index is 11.9. The largest absolute Gasteiger partial charge is 0.441 e. The Kier molecular flexibility index (Phi) is 7.44. The van der Waals surface area contributed by atoms with Gasteiger partial charge in [0, 0.05) is 13.3 Å². The van der Waals surface area contributed by atoms with Crippen molar-refractivity contribution in [2.75, 3.05) is 0 Å². The summed E-state index contributed by atoms with van der Waals surface area (Å²) in [5.74, 6) is -0.918. The molecule has 0 aromatic rings. The Bertz CT molecular complexity index is 464. The Balaban J connectivity index is 2.83. The van der Waals surface area contributed by atoms with E-state index in [2.05, 4.69) is 60.0 Å². The summed E-state index contributed by atoms with van der Waals surface area (Å²) in [6.07, 6.45) is -0.571. The third-order valence-electron chi connectivity index (χ3n) is 4.88. The predicted molar refractivity (Wildman–Crippen MR) is 103 cm³/mol. The highest BCUT2D eigenvalue weighted by atomic mass is 28.3. The molecule has 1 fully saturated rings. The Morgan fingerprint density at radius 3 is 1.84 bits per heavy atom. The molecule has 0 saturated carbocycles. The van der Waals surface area contributed by atoms with E-state index in [1.165, 1.54) is 6.92 Å². The Morgan fingerprint density at radius 2 is 1.52 bits per heavy atom. The summed E-state index contributed by atoms with van der Waals surface area (Å²) in [5.41, 5.74) is 0. The van der Waals surface area contributed by atoms with Crippen molar-refractivity contribution in [2.45, 2.75) is 90.6 Å². The molecule has 2 unspecified atom stereocenters. The number of esters is 1. The van der Waals surface area contributed by atoms with Gasteiger partial charge in [0.25, 0.3) is 0 Å². The summed E-state index contributed by atoms with van der Waals surface area (Å²) in [6, 6.07) is 0. The molecule has 0 aliphatic carbocycles. The highest BCUT2D eigenvalue weighted by molar-refractivity contribution is 6.55. The van der Waals surface area contributed by atoms with Crippen LogP contribution in [0, 0.1) is 5.92 Å². The summed E-state index contributed by atoms with van der Waals surface area (Å²) in [5, 5.41) is 2.83. The average molecular weight is 390 g/mol. The lowest BCUT2D eigenvalue weighted by Gasteiger charge is -2.40. The van der Waals surface area contributed by atoms with Crippen LogP contribution in [0.3, 0.4) is 0 Å². The molecular weight excluding hydrogens is 354 g/mol. The number of hydrogen-bond donors (Lipinski definition) is 1. The Labute approximate surface area is 155 Å². The minimum absolute atomic E-state index is 0.102. The third-order valence-corrected chi connectivity index (χ3v) is 11.2. The minimum Gasteiger partial charge on any atom is -0.441 e. The van der Waals surface area contributed by atoms with Crippen LogP contribution in [0.15, 0.2) is 0 Å². The number of amides is 1. The van der Waals surface area contributed by atoms with Gasteiger partial charge in [0.05, 0.1) is 5.92 Å². The normalized spacial score (nSPS) is 24.8. The van der Waals surface area contributed by atoms with Crippen LogP contribution in [0.4, 0.5) is 0 Å². The molecule has 25 heavy (non-hydrogen) atoms. The summed E-state index contributed by atoms with van der Waals surface area (Å²) >= 11 is 0. The van der Waals surface area contributed by atoms with Crippen LogP contribution in [0.1, 0.15) is 54.9 Å². The van der Waals surface area contributed by atoms with E-state index >= 15 is 0 Å². The van der Waals surface area contributed by atoms with Crippen molar-refractivity contribution in [3.05, 3.63) is 0 Å². The predicted octanol–water partition coefficient (Wildman–Crippen LogP) is 2.68. The van der Waals surface area contributed by atoms with Crippen molar-refractivity contribution in [2.24, 2.45) is 5.92 Å². The van der Waals surface area contributed by atoms with Crippen LogP contribution >= 0.6 is 0 Å². The molecule has 1 saturated heterocycles. The van der Waals surface area contributed by atoms with Gasteiger partial charge in [0.1, 0.15) is 6.29 Å². The topological polar surface area (TPSA) is 73.9 Å². The molecule has 0 bridgehead atoms. The Hall–Kier alpha value is -0.706. The number of hydrogen-bond acceptors (Lipinski definition) is 5. The quantitative estimate of drug-likeness (QED) is 0.314. The minimum atomic E-state index is -1.52. The molecular formula is C17H35NO5Si2. The second kappa shape index (κ2) is 8.32. The molecule has 6 nitrogen and oxygen atoms in total. The van der Waals surface area contributed by atoms with Crippen LogP contribution < -0.4 is 5.32 Å². The summed E-state index contributed by atoms with van der Waals surface area (Å²) < 4.78 is 17.8. The van der Waals surface area contributed by atoms with Gasteiger partial charge >= 0.3 is 5.97 Å². The van der Waals surface area contributed by atoms with Crippen molar-refractivity contribution < 1.29 is 23.2 Å². The monoisotopic (exact) mass is 389 g/mol. The van der Waals surface area contributed by atoms with Crippen LogP contribution in [0.2, 0.25) is 23.2 Å². The maximum Gasteiger partial charge on any atom is 0.304 e. The van der Waals surface area contributed by atoms with E-state index < -0.39 is 42.5 Å². The lowest BCUT2D eigenvalue weighted by atomic mass is 9.95. The highest BCUT2D eigenvalue weighted by Gasteiger charge is 2.44. The Morgan fingerprint density at radius 1 is 1.08 bits per heavy atom. The smallest absolute Gasteiger partial charge is 0.304 e. The molecule has 1 aliphatic rings. The lowest BCUT2D eigenvalue weighted by molar-refractivity contribution is -0.172. The van der Waals surface area contributed by atoms with Crippen molar-refractivity contribution in [1.29, 1.82) is 0 Å². The molecule has 0 spiro atoms. The van der Waals surface area contributed by atoms with Gasteiger partial charge in [-0.1, -0.05) is 41.5 Å². The number of β-lactam (4-membered cyclic amide) rings is 1. The van der Waals surface area contributed by atoms with Gasteiger partial charge in [-0.2, -0.15) is 0 Å². The van der Waals surface area contributed by atoms with Crippen molar-refractivity contribution in [3.63, 3.8) is 0 Å². The third kappa shape index (κ3) is 6.84. The molecule has 1 aliphatic heterocycles. The van der Waals surface area contributed by atoms with E-state index in [1.807, 2.05) is 0 Å². The maximum absolute atomic E-state index is 11.9. The summed E-state index contributed by atoms with van der Waals surface area (Å²) in [6.45, 7) is 18.7. The zero-order valence-corrected chi connectivity index (χ0v) is 19.4. The van der Waals surface area contributed by atoms with Gasteiger partial charge in [-0.05, 0) is 23.2 Å². The molecule has 146 valence electrons. The van der Waals surface area contributed by atoms with E-state index in [-0.39, 0.29) is 16.0 Å². The average Bonchev–Trinajstić information content (AvgIpc) is 2.41. The first-order chi connectivity index (χ1) is 11.2. The van der Waals surface area contributed by atoms with Crippen molar-refractivity contribution in [3.8, 4) is 0 Å². The zero-order valence-electron chi connectivity index (χ0n) is 17.1. The lowest BCUT2D eigenvalue weighted by Crippen LogP contribution is -2.61. The fraction of sp³-hybridized carbons (Fsp3) is 0.882. The van der Waals surface area contributed by atoms with Crippen molar-refractivity contribution in [1.82, 2.24) is 5.32 Å². The zero-order chi connectivity index (χ0) is 19.6. The molecule has 0 radical (unpaired) electrons. The molecule has 1 rings (SSSR count). The van der Waals surface area contributed by atoms with Crippen molar-refractivity contribution >= 4 is 30.0 Å². The fourth-order valence-corrected chi connectivity index (χ4v) is 4.33. The standard InChI is InChI=1S/C17H35NO5Si2/c1-11(19)21-15-12(14(20)18-15)10-13(22-24(8)16(2,3)4)23-25(9)17(5,6)7/h12-13,15,24-25H,10H2,1-9H3,(H,18,20)/t12-,13?,15+,24?,25?/m0/s1. The van der Waals surface area contributed by atoms with Crippen LogP contribution in [-0.4, -0.2) is 42.5 Å². The van der Waals surface area contributed by atoms with Gasteiger partial charge in [0.2, 0.25) is 5.91 Å². The van der Waals surface area contributed by atoms with Gasteiger partial charge in [-0.15, -0.1) is 0 Å². The second-order valence-electron chi connectivity index (χ2n) is 9.10. The van der Waals surface area contributed by atoms with Gasteiger partial charge in [0.15, 0.2) is 24.3 Å². The number of rotatable bonds is 7. The van der Waals surface area contributed by atoms with E-state index in [0.29, 0.717) is 6.42 Å². The highest BCUT2D eigenvalue weighted by Crippen LogP contribution is 2.33. The number of nitrogens with one attached hydrogen (secondary N) is 1. The van der Waals surface area contributed by atoms with E-state index in [0.717, 1.165) is 0 Å². The molecule has 0 aromatic heterocycles. The van der Waals surface area contributed by atoms with Gasteiger partial charge in [-0.25, -0.2) is 0 Å². The summed E-state index contributed by atoms with van der Waals surface area (Å²) in [4.78, 5) is 23.1.